The molecule has 0 saturated heterocycles. The molecule has 0 spiro atoms. The standard InChI is InChI=1S/C11H15NO4S/c1-8(9-3-2-6-17-9)11(15)12-4-5-16-7-10(13)14/h2-3,6,8H,4-5,7H2,1H3,(H,12,15)(H,13,14). The molecule has 5 nitrogen and oxygen atoms in total. The Morgan fingerprint density at radius 1 is 1.59 bits per heavy atom. The smallest absolute Gasteiger partial charge is 0.329 e. The number of rotatable bonds is 7. The summed E-state index contributed by atoms with van der Waals surface area (Å²) in [7, 11) is 0. The molecule has 0 aliphatic heterocycles. The van der Waals surface area contributed by atoms with E-state index in [0.29, 0.717) is 6.54 Å². The largest absolute Gasteiger partial charge is 0.480 e. The Hall–Kier alpha value is -1.40. The Bertz CT molecular complexity index is 364. The Labute approximate surface area is 103 Å². The van der Waals surface area contributed by atoms with Crippen molar-refractivity contribution in [3.63, 3.8) is 0 Å². The molecule has 2 N–H and O–H groups in total. The van der Waals surface area contributed by atoms with Gasteiger partial charge < -0.3 is 15.2 Å². The number of thiophene rings is 1. The number of carbonyl (C=O) groups excluding carboxylic acids is 1. The third-order valence-corrected chi connectivity index (χ3v) is 3.19. The summed E-state index contributed by atoms with van der Waals surface area (Å²) in [5.74, 6) is -1.27. The zero-order valence-corrected chi connectivity index (χ0v) is 10.3. The van der Waals surface area contributed by atoms with Gasteiger partial charge in [-0.3, -0.25) is 4.79 Å². The number of hydrogen-bond donors (Lipinski definition) is 2. The van der Waals surface area contributed by atoms with E-state index >= 15 is 0 Å². The minimum absolute atomic E-state index is 0.0774. The van der Waals surface area contributed by atoms with E-state index in [0.717, 1.165) is 4.88 Å². The van der Waals surface area contributed by atoms with E-state index in [1.54, 1.807) is 0 Å². The summed E-state index contributed by atoms with van der Waals surface area (Å²) in [5.41, 5.74) is 0. The second kappa shape index (κ2) is 7.03. The molecule has 1 atom stereocenters. The summed E-state index contributed by atoms with van der Waals surface area (Å²) in [6.45, 7) is 2.02. The number of amides is 1. The number of hydrogen-bond acceptors (Lipinski definition) is 4. The Morgan fingerprint density at radius 2 is 2.35 bits per heavy atom. The van der Waals surface area contributed by atoms with Gasteiger partial charge in [-0.25, -0.2) is 4.79 Å². The van der Waals surface area contributed by atoms with Crippen LogP contribution in [0.25, 0.3) is 0 Å². The van der Waals surface area contributed by atoms with Gasteiger partial charge in [0.2, 0.25) is 5.91 Å². The summed E-state index contributed by atoms with van der Waals surface area (Å²) in [6.07, 6.45) is 0. The number of carboxylic acid groups (broad SMARTS) is 1. The summed E-state index contributed by atoms with van der Waals surface area (Å²) in [5, 5.41) is 12.9. The number of aliphatic carboxylic acids is 1. The summed E-state index contributed by atoms with van der Waals surface area (Å²) < 4.78 is 4.80. The monoisotopic (exact) mass is 257 g/mol. The molecule has 0 aromatic carbocycles. The fourth-order valence-electron chi connectivity index (χ4n) is 1.23. The van der Waals surface area contributed by atoms with Crippen molar-refractivity contribution >= 4 is 23.2 Å². The lowest BCUT2D eigenvalue weighted by atomic mass is 10.1. The lowest BCUT2D eigenvalue weighted by molar-refractivity contribution is -0.142. The molecule has 0 aliphatic rings. The van der Waals surface area contributed by atoms with Gasteiger partial charge in [0, 0.05) is 11.4 Å². The predicted octanol–water partition coefficient (Wildman–Crippen LogP) is 1.07. The lowest BCUT2D eigenvalue weighted by Gasteiger charge is -2.10. The van der Waals surface area contributed by atoms with Crippen LogP contribution in [0.15, 0.2) is 17.5 Å². The Balaban J connectivity index is 2.19. The SMILES string of the molecule is CC(C(=O)NCCOCC(=O)O)c1cccs1. The van der Waals surface area contributed by atoms with Crippen LogP contribution in [-0.4, -0.2) is 36.7 Å². The maximum Gasteiger partial charge on any atom is 0.329 e. The van der Waals surface area contributed by atoms with Gasteiger partial charge in [0.05, 0.1) is 12.5 Å². The molecule has 17 heavy (non-hydrogen) atoms. The van der Waals surface area contributed by atoms with E-state index in [4.69, 9.17) is 9.84 Å². The van der Waals surface area contributed by atoms with Crippen molar-refractivity contribution < 1.29 is 19.4 Å². The average molecular weight is 257 g/mol. The topological polar surface area (TPSA) is 75.6 Å². The number of carbonyl (C=O) groups is 2. The molecule has 0 bridgehead atoms. The normalized spacial score (nSPS) is 12.1. The highest BCUT2D eigenvalue weighted by Gasteiger charge is 2.15. The highest BCUT2D eigenvalue weighted by atomic mass is 32.1. The van der Waals surface area contributed by atoms with Gasteiger partial charge in [0.25, 0.3) is 0 Å². The second-order valence-corrected chi connectivity index (χ2v) is 4.45. The van der Waals surface area contributed by atoms with Gasteiger partial charge in [-0.05, 0) is 18.4 Å². The molecule has 6 heteroatoms. The molecule has 0 radical (unpaired) electrons. The lowest BCUT2D eigenvalue weighted by Crippen LogP contribution is -2.31. The number of nitrogens with one attached hydrogen (secondary N) is 1. The highest BCUT2D eigenvalue weighted by molar-refractivity contribution is 7.10. The molecule has 1 rings (SSSR count). The fourth-order valence-corrected chi connectivity index (χ4v) is 2.01. The van der Waals surface area contributed by atoms with Crippen molar-refractivity contribution in [3.05, 3.63) is 22.4 Å². The van der Waals surface area contributed by atoms with Crippen molar-refractivity contribution in [1.82, 2.24) is 5.32 Å². The first-order chi connectivity index (χ1) is 8.11. The van der Waals surface area contributed by atoms with E-state index in [2.05, 4.69) is 5.32 Å². The maximum atomic E-state index is 11.7. The van der Waals surface area contributed by atoms with Gasteiger partial charge in [-0.2, -0.15) is 0 Å². The van der Waals surface area contributed by atoms with Gasteiger partial charge >= 0.3 is 5.97 Å². The van der Waals surface area contributed by atoms with Gasteiger partial charge in [0.1, 0.15) is 6.61 Å². The van der Waals surface area contributed by atoms with Crippen molar-refractivity contribution in [2.24, 2.45) is 0 Å². The zero-order valence-electron chi connectivity index (χ0n) is 9.51. The molecule has 0 aliphatic carbocycles. The Morgan fingerprint density at radius 3 is 2.94 bits per heavy atom. The van der Waals surface area contributed by atoms with Crippen molar-refractivity contribution in [1.29, 1.82) is 0 Å². The minimum Gasteiger partial charge on any atom is -0.480 e. The molecule has 1 heterocycles. The number of ether oxygens (including phenoxy) is 1. The molecular weight excluding hydrogens is 242 g/mol. The van der Waals surface area contributed by atoms with Crippen molar-refractivity contribution in [2.75, 3.05) is 19.8 Å². The van der Waals surface area contributed by atoms with E-state index in [-0.39, 0.29) is 25.0 Å². The quantitative estimate of drug-likeness (QED) is 0.716. The van der Waals surface area contributed by atoms with Crippen LogP contribution >= 0.6 is 11.3 Å². The molecule has 1 aromatic rings. The summed E-state index contributed by atoms with van der Waals surface area (Å²) in [6, 6.07) is 3.82. The Kier molecular flexibility index (Phi) is 5.65. The molecule has 0 saturated carbocycles. The van der Waals surface area contributed by atoms with E-state index in [1.807, 2.05) is 24.4 Å². The highest BCUT2D eigenvalue weighted by Crippen LogP contribution is 2.20. The van der Waals surface area contributed by atoms with E-state index in [1.165, 1.54) is 11.3 Å². The third kappa shape index (κ3) is 4.97. The van der Waals surface area contributed by atoms with Crippen LogP contribution in [0.3, 0.4) is 0 Å². The first kappa shape index (κ1) is 13.7. The first-order valence-corrected chi connectivity index (χ1v) is 6.10. The predicted molar refractivity (Wildman–Crippen MR) is 64.2 cm³/mol. The van der Waals surface area contributed by atoms with Gasteiger partial charge in [-0.1, -0.05) is 6.07 Å². The minimum atomic E-state index is -1.01. The summed E-state index contributed by atoms with van der Waals surface area (Å²) >= 11 is 1.54. The van der Waals surface area contributed by atoms with Crippen molar-refractivity contribution in [3.8, 4) is 0 Å². The number of carboxylic acids is 1. The van der Waals surface area contributed by atoms with E-state index in [9.17, 15) is 9.59 Å². The van der Waals surface area contributed by atoms with Crippen LogP contribution in [0.2, 0.25) is 0 Å². The van der Waals surface area contributed by atoms with Crippen LogP contribution in [0.4, 0.5) is 0 Å². The van der Waals surface area contributed by atoms with Crippen LogP contribution in [0.1, 0.15) is 17.7 Å². The van der Waals surface area contributed by atoms with Crippen LogP contribution in [0, 0.1) is 0 Å². The maximum absolute atomic E-state index is 11.7. The molecule has 1 unspecified atom stereocenters. The second-order valence-electron chi connectivity index (χ2n) is 3.47. The van der Waals surface area contributed by atoms with Crippen molar-refractivity contribution in [2.45, 2.75) is 12.8 Å². The third-order valence-electron chi connectivity index (χ3n) is 2.13. The zero-order chi connectivity index (χ0) is 12.7. The molecular formula is C11H15NO4S. The van der Waals surface area contributed by atoms with Gasteiger partial charge in [-0.15, -0.1) is 11.3 Å². The first-order valence-electron chi connectivity index (χ1n) is 5.22. The molecule has 0 fully saturated rings. The van der Waals surface area contributed by atoms with Gasteiger partial charge in [0.15, 0.2) is 0 Å². The molecule has 94 valence electrons. The fraction of sp³-hybridized carbons (Fsp3) is 0.455. The molecule has 1 aromatic heterocycles. The van der Waals surface area contributed by atoms with E-state index < -0.39 is 5.97 Å². The van der Waals surface area contributed by atoms with Crippen LogP contribution in [0.5, 0.6) is 0 Å². The molecule has 1 amide bonds. The average Bonchev–Trinajstić information content (AvgIpc) is 2.80. The summed E-state index contributed by atoms with van der Waals surface area (Å²) in [4.78, 5) is 22.8. The van der Waals surface area contributed by atoms with Crippen LogP contribution in [-0.2, 0) is 14.3 Å². The van der Waals surface area contributed by atoms with Crippen LogP contribution < -0.4 is 5.32 Å².